The summed E-state index contributed by atoms with van der Waals surface area (Å²) in [4.78, 5) is 0. The van der Waals surface area contributed by atoms with Crippen molar-refractivity contribution in [3.8, 4) is 5.75 Å². The van der Waals surface area contributed by atoms with E-state index in [1.807, 2.05) is 6.08 Å². The van der Waals surface area contributed by atoms with E-state index < -0.39 is 0 Å². The second kappa shape index (κ2) is 6.37. The van der Waals surface area contributed by atoms with E-state index in [2.05, 4.69) is 32.6 Å². The van der Waals surface area contributed by atoms with E-state index in [1.54, 1.807) is 7.11 Å². The second-order valence-corrected chi connectivity index (χ2v) is 4.02. The number of hydrogen-bond acceptors (Lipinski definition) is 1. The highest BCUT2D eigenvalue weighted by atomic mass is 16.5. The van der Waals surface area contributed by atoms with Gasteiger partial charge < -0.3 is 4.74 Å². The maximum absolute atomic E-state index is 5.45. The van der Waals surface area contributed by atoms with Gasteiger partial charge in [0.25, 0.3) is 0 Å². The minimum absolute atomic E-state index is 1.02. The number of ether oxygens (including phenoxy) is 1. The first-order valence-electron chi connectivity index (χ1n) is 6.09. The van der Waals surface area contributed by atoms with E-state index in [4.69, 9.17) is 4.74 Å². The van der Waals surface area contributed by atoms with Crippen molar-refractivity contribution in [3.63, 3.8) is 0 Å². The zero-order valence-corrected chi connectivity index (χ0v) is 10.7. The Morgan fingerprint density at radius 2 is 1.75 bits per heavy atom. The Balaban J connectivity index is 3.27. The van der Waals surface area contributed by atoms with E-state index in [9.17, 15) is 0 Å². The van der Waals surface area contributed by atoms with Gasteiger partial charge in [0, 0.05) is 0 Å². The molecule has 16 heavy (non-hydrogen) atoms. The molecule has 0 aliphatic heterocycles. The summed E-state index contributed by atoms with van der Waals surface area (Å²) in [6, 6.07) is 4.16. The fourth-order valence-corrected chi connectivity index (χ4v) is 2.14. The maximum Gasteiger partial charge on any atom is 0.122 e. The molecule has 0 atom stereocenters. The molecule has 0 N–H and O–H groups in total. The maximum atomic E-state index is 5.45. The van der Waals surface area contributed by atoms with E-state index in [-0.39, 0.29) is 0 Å². The molecule has 0 fully saturated rings. The molecule has 1 nitrogen and oxygen atoms in total. The van der Waals surface area contributed by atoms with Gasteiger partial charge in [-0.1, -0.05) is 45.4 Å². The van der Waals surface area contributed by atoms with Crippen molar-refractivity contribution in [2.45, 2.75) is 39.5 Å². The van der Waals surface area contributed by atoms with Gasteiger partial charge in [0.15, 0.2) is 0 Å². The largest absolute Gasteiger partial charge is 0.496 e. The molecule has 0 aliphatic carbocycles. The van der Waals surface area contributed by atoms with Crippen molar-refractivity contribution in [1.29, 1.82) is 0 Å². The molecule has 1 heteroatoms. The standard InChI is InChI=1S/C15H22O/c1-5-8-13-12(7-3)10-11-15(16-4)14(13)9-6-2/h7,10-11H,3,5-6,8-9H2,1-2,4H3. The van der Waals surface area contributed by atoms with Crippen LogP contribution in [-0.2, 0) is 12.8 Å². The minimum atomic E-state index is 1.02. The molecule has 1 aromatic rings. The first-order chi connectivity index (χ1) is 7.78. The normalized spacial score (nSPS) is 10.2. The number of rotatable bonds is 6. The Hall–Kier alpha value is -1.24. The molecule has 0 bridgehead atoms. The summed E-state index contributed by atoms with van der Waals surface area (Å²) in [7, 11) is 1.75. The quantitative estimate of drug-likeness (QED) is 0.694. The number of hydrogen-bond donors (Lipinski definition) is 0. The molecule has 1 rings (SSSR count). The first kappa shape index (κ1) is 12.8. The third-order valence-electron chi connectivity index (χ3n) is 2.86. The van der Waals surface area contributed by atoms with Crippen LogP contribution in [0.15, 0.2) is 18.7 Å². The van der Waals surface area contributed by atoms with Gasteiger partial charge >= 0.3 is 0 Å². The first-order valence-corrected chi connectivity index (χ1v) is 6.09. The lowest BCUT2D eigenvalue weighted by Gasteiger charge is -2.15. The Bertz CT molecular complexity index is 353. The van der Waals surface area contributed by atoms with Gasteiger partial charge in [-0.2, -0.15) is 0 Å². The van der Waals surface area contributed by atoms with Crippen molar-refractivity contribution < 1.29 is 4.74 Å². The van der Waals surface area contributed by atoms with Crippen molar-refractivity contribution >= 4 is 6.08 Å². The summed E-state index contributed by atoms with van der Waals surface area (Å²) in [5.74, 6) is 1.02. The van der Waals surface area contributed by atoms with Crippen molar-refractivity contribution in [3.05, 3.63) is 35.4 Å². The summed E-state index contributed by atoms with van der Waals surface area (Å²) in [5, 5.41) is 0. The molecule has 0 aromatic heterocycles. The lowest BCUT2D eigenvalue weighted by Crippen LogP contribution is -2.01. The van der Waals surface area contributed by atoms with Crippen molar-refractivity contribution in [1.82, 2.24) is 0 Å². The topological polar surface area (TPSA) is 9.23 Å². The Morgan fingerprint density at radius 3 is 2.25 bits per heavy atom. The van der Waals surface area contributed by atoms with Crippen LogP contribution in [0.4, 0.5) is 0 Å². The lowest BCUT2D eigenvalue weighted by atomic mass is 9.93. The molecule has 0 spiro atoms. The van der Waals surface area contributed by atoms with Gasteiger partial charge in [0.05, 0.1) is 7.11 Å². The van der Waals surface area contributed by atoms with Crippen LogP contribution in [0.2, 0.25) is 0 Å². The van der Waals surface area contributed by atoms with Crippen LogP contribution in [0.25, 0.3) is 6.08 Å². The summed E-state index contributed by atoms with van der Waals surface area (Å²) < 4.78 is 5.45. The summed E-state index contributed by atoms with van der Waals surface area (Å²) in [6.07, 6.45) is 6.44. The van der Waals surface area contributed by atoms with Gasteiger partial charge in [-0.05, 0) is 35.6 Å². The highest BCUT2D eigenvalue weighted by Crippen LogP contribution is 2.28. The zero-order valence-electron chi connectivity index (χ0n) is 10.7. The molecule has 0 radical (unpaired) electrons. The third-order valence-corrected chi connectivity index (χ3v) is 2.86. The van der Waals surface area contributed by atoms with Gasteiger partial charge in [-0.15, -0.1) is 0 Å². The molecule has 0 heterocycles. The molecular formula is C15H22O. The van der Waals surface area contributed by atoms with E-state index in [0.29, 0.717) is 0 Å². The second-order valence-electron chi connectivity index (χ2n) is 4.02. The highest BCUT2D eigenvalue weighted by Gasteiger charge is 2.10. The molecular weight excluding hydrogens is 196 g/mol. The fourth-order valence-electron chi connectivity index (χ4n) is 2.14. The Labute approximate surface area is 99.1 Å². The van der Waals surface area contributed by atoms with Crippen LogP contribution in [0.3, 0.4) is 0 Å². The average molecular weight is 218 g/mol. The van der Waals surface area contributed by atoms with Gasteiger partial charge in [-0.25, -0.2) is 0 Å². The van der Waals surface area contributed by atoms with Crippen LogP contribution in [-0.4, -0.2) is 7.11 Å². The number of methoxy groups -OCH3 is 1. The van der Waals surface area contributed by atoms with E-state index in [1.165, 1.54) is 16.7 Å². The van der Waals surface area contributed by atoms with Crippen molar-refractivity contribution in [2.75, 3.05) is 7.11 Å². The number of benzene rings is 1. The Morgan fingerprint density at radius 1 is 1.12 bits per heavy atom. The molecule has 0 saturated carbocycles. The highest BCUT2D eigenvalue weighted by molar-refractivity contribution is 5.58. The Kier molecular flexibility index (Phi) is 5.10. The third kappa shape index (κ3) is 2.66. The molecule has 88 valence electrons. The van der Waals surface area contributed by atoms with E-state index in [0.717, 1.165) is 31.4 Å². The molecule has 0 saturated heterocycles. The zero-order chi connectivity index (χ0) is 12.0. The van der Waals surface area contributed by atoms with Crippen LogP contribution in [0.5, 0.6) is 5.75 Å². The van der Waals surface area contributed by atoms with E-state index >= 15 is 0 Å². The molecule has 0 aliphatic rings. The van der Waals surface area contributed by atoms with Crippen molar-refractivity contribution in [2.24, 2.45) is 0 Å². The van der Waals surface area contributed by atoms with Crippen LogP contribution >= 0.6 is 0 Å². The molecule has 1 aromatic carbocycles. The van der Waals surface area contributed by atoms with Gasteiger partial charge in [0.2, 0.25) is 0 Å². The van der Waals surface area contributed by atoms with Crippen LogP contribution in [0, 0.1) is 0 Å². The van der Waals surface area contributed by atoms with Gasteiger partial charge in [-0.3, -0.25) is 0 Å². The predicted molar refractivity (Wildman–Crippen MR) is 71.1 cm³/mol. The van der Waals surface area contributed by atoms with Gasteiger partial charge in [0.1, 0.15) is 5.75 Å². The predicted octanol–water partition coefficient (Wildman–Crippen LogP) is 4.24. The average Bonchev–Trinajstić information content (AvgIpc) is 2.31. The molecule has 0 unspecified atom stereocenters. The van der Waals surface area contributed by atoms with Crippen LogP contribution < -0.4 is 4.74 Å². The minimum Gasteiger partial charge on any atom is -0.496 e. The SMILES string of the molecule is C=Cc1ccc(OC)c(CCC)c1CCC. The monoisotopic (exact) mass is 218 g/mol. The van der Waals surface area contributed by atoms with Crippen LogP contribution in [0.1, 0.15) is 43.4 Å². The summed E-state index contributed by atoms with van der Waals surface area (Å²) >= 11 is 0. The summed E-state index contributed by atoms with van der Waals surface area (Å²) in [5.41, 5.74) is 4.04. The fraction of sp³-hybridized carbons (Fsp3) is 0.467. The molecule has 0 amide bonds. The smallest absolute Gasteiger partial charge is 0.122 e. The summed E-state index contributed by atoms with van der Waals surface area (Å²) in [6.45, 7) is 8.30. The lowest BCUT2D eigenvalue weighted by molar-refractivity contribution is 0.408.